The second-order valence-corrected chi connectivity index (χ2v) is 6.84. The lowest BCUT2D eigenvalue weighted by molar-refractivity contribution is 0.0932. The van der Waals surface area contributed by atoms with Crippen molar-refractivity contribution in [1.29, 1.82) is 0 Å². The quantitative estimate of drug-likeness (QED) is 0.838. The van der Waals surface area contributed by atoms with Crippen LogP contribution in [0.3, 0.4) is 0 Å². The molecule has 3 N–H and O–H groups in total. The summed E-state index contributed by atoms with van der Waals surface area (Å²) in [5, 5.41) is 8.12. The van der Waals surface area contributed by atoms with Gasteiger partial charge in [-0.1, -0.05) is 6.42 Å². The van der Waals surface area contributed by atoms with E-state index in [4.69, 9.17) is 5.73 Å². The lowest BCUT2D eigenvalue weighted by Gasteiger charge is -2.19. The molecule has 134 valence electrons. The molecule has 1 aliphatic carbocycles. The first kappa shape index (κ1) is 20.9. The molecule has 2 aromatic rings. The van der Waals surface area contributed by atoms with E-state index in [2.05, 4.69) is 15.4 Å². The van der Waals surface area contributed by atoms with Gasteiger partial charge in [-0.3, -0.25) is 9.48 Å². The number of thiazole rings is 1. The molecule has 9 heteroatoms. The molecule has 6 nitrogen and oxygen atoms in total. The largest absolute Gasteiger partial charge is 0.348 e. The second-order valence-electron chi connectivity index (χ2n) is 5.84. The fourth-order valence-corrected chi connectivity index (χ4v) is 3.95. The fourth-order valence-electron chi connectivity index (χ4n) is 3.01. The number of hydrogen-bond donors (Lipinski definition) is 2. The van der Waals surface area contributed by atoms with Gasteiger partial charge < -0.3 is 11.1 Å². The van der Waals surface area contributed by atoms with Crippen molar-refractivity contribution >= 4 is 42.1 Å². The van der Waals surface area contributed by atoms with Crippen molar-refractivity contribution in [2.24, 2.45) is 18.7 Å². The van der Waals surface area contributed by atoms with Gasteiger partial charge in [-0.15, -0.1) is 36.2 Å². The van der Waals surface area contributed by atoms with E-state index >= 15 is 0 Å². The zero-order valence-electron chi connectivity index (χ0n) is 13.7. The molecule has 1 amide bonds. The van der Waals surface area contributed by atoms with Crippen LogP contribution in [0.5, 0.6) is 0 Å². The summed E-state index contributed by atoms with van der Waals surface area (Å²) in [5.41, 5.74) is 7.49. The van der Waals surface area contributed by atoms with Crippen LogP contribution >= 0.6 is 36.2 Å². The summed E-state index contributed by atoms with van der Waals surface area (Å²) in [5.74, 6) is 0.366. The molecule has 0 aromatic carbocycles. The molecule has 0 saturated heterocycles. The van der Waals surface area contributed by atoms with Crippen molar-refractivity contribution in [3.63, 3.8) is 0 Å². The Morgan fingerprint density at radius 3 is 2.83 bits per heavy atom. The number of nitrogens with two attached hydrogens (primary N) is 1. The van der Waals surface area contributed by atoms with Crippen LogP contribution in [0, 0.1) is 12.8 Å². The third-order valence-corrected chi connectivity index (χ3v) is 5.44. The summed E-state index contributed by atoms with van der Waals surface area (Å²) in [6, 6.07) is 0.195. The minimum absolute atomic E-state index is 0. The van der Waals surface area contributed by atoms with Crippen LogP contribution in [0.15, 0.2) is 12.4 Å². The Labute approximate surface area is 158 Å². The lowest BCUT2D eigenvalue weighted by atomic mass is 10.0. The molecule has 0 radical (unpaired) electrons. The summed E-state index contributed by atoms with van der Waals surface area (Å²) >= 11 is 1.42. The van der Waals surface area contributed by atoms with Crippen molar-refractivity contribution in [2.45, 2.75) is 32.2 Å². The molecule has 2 unspecified atom stereocenters. The molecule has 1 fully saturated rings. The highest BCUT2D eigenvalue weighted by Crippen LogP contribution is 2.29. The Morgan fingerprint density at radius 1 is 1.46 bits per heavy atom. The molecule has 2 aromatic heterocycles. The SMILES string of the molecule is Cc1nc(-c2cnn(C)c2)sc1C(=O)NC1CCCC1CN.Cl.Cl. The molecule has 1 aliphatic rings. The van der Waals surface area contributed by atoms with E-state index in [0.717, 1.165) is 35.5 Å². The van der Waals surface area contributed by atoms with Gasteiger partial charge in [0.2, 0.25) is 0 Å². The van der Waals surface area contributed by atoms with E-state index in [1.165, 1.54) is 11.3 Å². The van der Waals surface area contributed by atoms with Gasteiger partial charge in [-0.25, -0.2) is 4.98 Å². The third kappa shape index (κ3) is 4.27. The highest BCUT2D eigenvalue weighted by molar-refractivity contribution is 7.17. The van der Waals surface area contributed by atoms with Crippen LogP contribution in [0.2, 0.25) is 0 Å². The topological polar surface area (TPSA) is 85.8 Å². The number of nitrogens with zero attached hydrogens (tertiary/aromatic N) is 3. The Bertz CT molecular complexity index is 687. The number of hydrogen-bond acceptors (Lipinski definition) is 5. The first-order valence-corrected chi connectivity index (χ1v) is 8.37. The maximum atomic E-state index is 12.5. The smallest absolute Gasteiger partial charge is 0.263 e. The predicted molar refractivity (Wildman–Crippen MR) is 101 cm³/mol. The number of nitrogens with one attached hydrogen (secondary N) is 1. The van der Waals surface area contributed by atoms with E-state index in [-0.39, 0.29) is 36.8 Å². The van der Waals surface area contributed by atoms with Crippen molar-refractivity contribution in [1.82, 2.24) is 20.1 Å². The average molecular weight is 392 g/mol. The number of halogens is 2. The lowest BCUT2D eigenvalue weighted by Crippen LogP contribution is -2.39. The molecular formula is C15H23Cl2N5OS. The maximum Gasteiger partial charge on any atom is 0.263 e. The summed E-state index contributed by atoms with van der Waals surface area (Å²) in [4.78, 5) is 17.7. The minimum atomic E-state index is -0.0320. The van der Waals surface area contributed by atoms with E-state index in [9.17, 15) is 4.79 Å². The van der Waals surface area contributed by atoms with Crippen molar-refractivity contribution in [2.75, 3.05) is 6.54 Å². The van der Waals surface area contributed by atoms with Crippen molar-refractivity contribution < 1.29 is 4.79 Å². The van der Waals surface area contributed by atoms with Crippen molar-refractivity contribution in [3.8, 4) is 10.6 Å². The van der Waals surface area contributed by atoms with Crippen LogP contribution in [0.4, 0.5) is 0 Å². The van der Waals surface area contributed by atoms with Gasteiger partial charge in [-0.05, 0) is 32.2 Å². The minimum Gasteiger partial charge on any atom is -0.348 e. The van der Waals surface area contributed by atoms with Gasteiger partial charge in [0.25, 0.3) is 5.91 Å². The van der Waals surface area contributed by atoms with Gasteiger partial charge >= 0.3 is 0 Å². The third-order valence-electron chi connectivity index (χ3n) is 4.23. The van der Waals surface area contributed by atoms with Crippen LogP contribution in [-0.2, 0) is 7.05 Å². The van der Waals surface area contributed by atoms with Gasteiger partial charge in [-0.2, -0.15) is 5.10 Å². The summed E-state index contributed by atoms with van der Waals surface area (Å²) < 4.78 is 1.73. The average Bonchev–Trinajstić information content (AvgIpc) is 3.18. The van der Waals surface area contributed by atoms with Gasteiger partial charge in [0, 0.05) is 24.8 Å². The van der Waals surface area contributed by atoms with Crippen LogP contribution in [0.1, 0.15) is 34.6 Å². The Hall–Kier alpha value is -1.15. The van der Waals surface area contributed by atoms with Crippen molar-refractivity contribution in [3.05, 3.63) is 23.0 Å². The Balaban J connectivity index is 0.00000144. The monoisotopic (exact) mass is 391 g/mol. The zero-order chi connectivity index (χ0) is 15.7. The Morgan fingerprint density at radius 2 is 2.21 bits per heavy atom. The normalized spacial score (nSPS) is 19.5. The zero-order valence-corrected chi connectivity index (χ0v) is 16.1. The number of aryl methyl sites for hydroxylation is 2. The summed E-state index contributed by atoms with van der Waals surface area (Å²) in [7, 11) is 1.87. The van der Waals surface area contributed by atoms with E-state index in [0.29, 0.717) is 17.3 Å². The van der Waals surface area contributed by atoms with E-state index in [1.54, 1.807) is 10.9 Å². The van der Waals surface area contributed by atoms with E-state index in [1.807, 2.05) is 20.2 Å². The van der Waals surface area contributed by atoms with Crippen LogP contribution in [-0.4, -0.2) is 33.3 Å². The van der Waals surface area contributed by atoms with Crippen LogP contribution in [0.25, 0.3) is 10.6 Å². The van der Waals surface area contributed by atoms with E-state index < -0.39 is 0 Å². The van der Waals surface area contributed by atoms with Gasteiger partial charge in [0.15, 0.2) is 0 Å². The number of aromatic nitrogens is 3. The van der Waals surface area contributed by atoms with Gasteiger partial charge in [0.1, 0.15) is 9.88 Å². The summed E-state index contributed by atoms with van der Waals surface area (Å²) in [6.07, 6.45) is 6.92. The van der Waals surface area contributed by atoms with Gasteiger partial charge in [0.05, 0.1) is 11.9 Å². The molecule has 0 bridgehead atoms. The molecule has 0 aliphatic heterocycles. The standard InChI is InChI=1S/C15H21N5OS.2ClH/c1-9-13(14(21)19-12-5-3-4-10(12)6-16)22-15(18-9)11-7-17-20(2)8-11;;/h7-8,10,12H,3-6,16H2,1-2H3,(H,19,21);2*1H. The number of rotatable bonds is 4. The van der Waals surface area contributed by atoms with Crippen LogP contribution < -0.4 is 11.1 Å². The second kappa shape index (κ2) is 8.80. The molecule has 0 spiro atoms. The molecule has 2 heterocycles. The molecule has 3 rings (SSSR count). The molecule has 1 saturated carbocycles. The number of amides is 1. The Kier molecular flexibility index (Phi) is 7.66. The number of carbonyl (C=O) groups excluding carboxylic acids is 1. The first-order chi connectivity index (χ1) is 10.6. The predicted octanol–water partition coefficient (Wildman–Crippen LogP) is 2.55. The highest BCUT2D eigenvalue weighted by atomic mass is 35.5. The summed E-state index contributed by atoms with van der Waals surface area (Å²) in [6.45, 7) is 2.51. The fraction of sp³-hybridized carbons (Fsp3) is 0.533. The number of carbonyl (C=O) groups is 1. The maximum absolute atomic E-state index is 12.5. The highest BCUT2D eigenvalue weighted by Gasteiger charge is 2.28. The molecule has 24 heavy (non-hydrogen) atoms. The molecular weight excluding hydrogens is 369 g/mol. The first-order valence-electron chi connectivity index (χ1n) is 7.56. The molecule has 2 atom stereocenters.